The smallest absolute Gasteiger partial charge is 0.306 e. The zero-order chi connectivity index (χ0) is 19.3. The van der Waals surface area contributed by atoms with E-state index in [0.29, 0.717) is 5.84 Å². The molecule has 0 unspecified atom stereocenters. The molecule has 0 N–H and O–H groups in total. The maximum atomic E-state index is 11.8. The van der Waals surface area contributed by atoms with Crippen LogP contribution in [0.25, 0.3) is 39.1 Å². The summed E-state index contributed by atoms with van der Waals surface area (Å²) in [6.07, 6.45) is 4.61. The Balaban J connectivity index is 1.79. The van der Waals surface area contributed by atoms with Gasteiger partial charge in [-0.1, -0.05) is 54.6 Å². The Morgan fingerprint density at radius 1 is 0.929 bits per heavy atom. The normalized spacial score (nSPS) is 12.0. The minimum absolute atomic E-state index is 0.288. The summed E-state index contributed by atoms with van der Waals surface area (Å²) in [5.41, 5.74) is 3.52. The van der Waals surface area contributed by atoms with E-state index in [9.17, 15) is 8.42 Å². The Morgan fingerprint density at radius 2 is 1.68 bits per heavy atom. The highest BCUT2D eigenvalue weighted by Crippen LogP contribution is 2.36. The van der Waals surface area contributed by atoms with Crippen LogP contribution >= 0.6 is 0 Å². The van der Waals surface area contributed by atoms with Gasteiger partial charge < -0.3 is 4.42 Å². The molecule has 0 radical (unpaired) electrons. The lowest BCUT2D eigenvalue weighted by atomic mass is 9.99. The summed E-state index contributed by atoms with van der Waals surface area (Å²) in [4.78, 5) is 5.01. The molecule has 6 heteroatoms. The number of hydrogen-bond acceptors (Lipinski definition) is 4. The van der Waals surface area contributed by atoms with Crippen molar-refractivity contribution in [2.24, 2.45) is 0 Å². The van der Waals surface area contributed by atoms with Crippen molar-refractivity contribution in [2.45, 2.75) is 4.90 Å². The molecule has 2 aromatic heterocycles. The number of sulfone groups is 1. The van der Waals surface area contributed by atoms with Crippen LogP contribution in [0.1, 0.15) is 0 Å². The molecule has 5 nitrogen and oxygen atoms in total. The highest BCUT2D eigenvalue weighted by atomic mass is 32.2. The quantitative estimate of drug-likeness (QED) is 0.445. The molecule has 0 saturated carbocycles. The Labute approximate surface area is 161 Å². The molecule has 0 aliphatic carbocycles. The maximum Gasteiger partial charge on any atom is 0.306 e. The van der Waals surface area contributed by atoms with Crippen LogP contribution in [0.3, 0.4) is 0 Å². The fourth-order valence-electron chi connectivity index (χ4n) is 3.54. The Hall–Kier alpha value is -3.38. The van der Waals surface area contributed by atoms with Gasteiger partial charge in [0.1, 0.15) is 12.0 Å². The fraction of sp³-hybridized carbons (Fsp3) is 0.0455. The molecule has 0 bridgehead atoms. The van der Waals surface area contributed by atoms with Gasteiger partial charge in [0, 0.05) is 23.6 Å². The van der Waals surface area contributed by atoms with Crippen molar-refractivity contribution in [1.29, 1.82) is 0 Å². The molecule has 5 aromatic rings. The molecule has 0 amide bonds. The number of fused-ring (bicyclic) bond motifs is 2. The topological polar surface area (TPSA) is 64.6 Å². The predicted molar refractivity (Wildman–Crippen MR) is 109 cm³/mol. The monoisotopic (exact) mass is 388 g/mol. The van der Waals surface area contributed by atoms with Gasteiger partial charge in [0.15, 0.2) is 9.84 Å². The first kappa shape index (κ1) is 16.8. The maximum absolute atomic E-state index is 11.8. The van der Waals surface area contributed by atoms with Crippen LogP contribution in [0.4, 0.5) is 0 Å². The van der Waals surface area contributed by atoms with Crippen molar-refractivity contribution in [2.75, 3.05) is 6.26 Å². The van der Waals surface area contributed by atoms with E-state index in [2.05, 4.69) is 18.2 Å². The van der Waals surface area contributed by atoms with Crippen LogP contribution in [0.15, 0.2) is 88.5 Å². The molecular formula is C22H16N2O3S. The number of nitrogens with zero attached hydrogens (tertiary/aromatic N) is 2. The lowest BCUT2D eigenvalue weighted by Gasteiger charge is -2.08. The number of aromatic nitrogens is 2. The van der Waals surface area contributed by atoms with E-state index in [0.717, 1.165) is 33.3 Å². The molecule has 138 valence electrons. The molecule has 5 rings (SSSR count). The summed E-state index contributed by atoms with van der Waals surface area (Å²) in [6, 6.07) is 21.1. The van der Waals surface area contributed by atoms with Crippen molar-refractivity contribution >= 4 is 26.5 Å². The summed E-state index contributed by atoms with van der Waals surface area (Å²) in [5, 5.41) is 2.22. The largest absolute Gasteiger partial charge is 0.432 e. The second kappa shape index (κ2) is 6.07. The van der Waals surface area contributed by atoms with E-state index in [1.807, 2.05) is 47.0 Å². The van der Waals surface area contributed by atoms with E-state index in [4.69, 9.17) is 9.40 Å². The molecule has 0 fully saturated rings. The Bertz CT molecular complexity index is 1420. The number of rotatable bonds is 3. The standard InChI is InChI=1S/C22H16N2O3S/c1-28(25,26)17-11-9-16(10-12-17)21-20(23-22-24(21)13-14-27-22)19-8-4-6-15-5-2-3-7-18(15)19/h2-14H,1H3. The van der Waals surface area contributed by atoms with Gasteiger partial charge in [-0.3, -0.25) is 4.40 Å². The summed E-state index contributed by atoms with van der Waals surface area (Å²) in [6.45, 7) is 0. The summed E-state index contributed by atoms with van der Waals surface area (Å²) in [5.74, 6) is 0.491. The molecule has 28 heavy (non-hydrogen) atoms. The molecule has 2 heterocycles. The highest BCUT2D eigenvalue weighted by Gasteiger charge is 2.19. The molecular weight excluding hydrogens is 372 g/mol. The minimum Gasteiger partial charge on any atom is -0.432 e. The van der Waals surface area contributed by atoms with Gasteiger partial charge in [0.2, 0.25) is 0 Å². The molecule has 3 aromatic carbocycles. The second-order valence-corrected chi connectivity index (χ2v) is 8.70. The molecule has 0 spiro atoms. The van der Waals surface area contributed by atoms with Crippen molar-refractivity contribution in [1.82, 2.24) is 9.38 Å². The van der Waals surface area contributed by atoms with Crippen molar-refractivity contribution in [3.05, 3.63) is 79.2 Å². The van der Waals surface area contributed by atoms with E-state index in [1.54, 1.807) is 18.4 Å². The van der Waals surface area contributed by atoms with Gasteiger partial charge in [-0.25, -0.2) is 8.42 Å². The first-order valence-electron chi connectivity index (χ1n) is 8.76. The van der Waals surface area contributed by atoms with E-state index < -0.39 is 9.84 Å². The molecule has 0 saturated heterocycles. The Morgan fingerprint density at radius 3 is 2.46 bits per heavy atom. The van der Waals surface area contributed by atoms with Crippen LogP contribution in [0.2, 0.25) is 0 Å². The number of hydrogen-bond donors (Lipinski definition) is 0. The number of benzene rings is 3. The van der Waals surface area contributed by atoms with E-state index >= 15 is 0 Å². The molecule has 0 aliphatic rings. The van der Waals surface area contributed by atoms with Crippen molar-refractivity contribution < 1.29 is 12.8 Å². The second-order valence-electron chi connectivity index (χ2n) is 6.69. The zero-order valence-electron chi connectivity index (χ0n) is 15.0. The minimum atomic E-state index is -3.25. The lowest BCUT2D eigenvalue weighted by Crippen LogP contribution is -1.96. The summed E-state index contributed by atoms with van der Waals surface area (Å²) < 4.78 is 31.0. The van der Waals surface area contributed by atoms with Crippen LogP contribution in [-0.2, 0) is 9.84 Å². The summed E-state index contributed by atoms with van der Waals surface area (Å²) >= 11 is 0. The highest BCUT2D eigenvalue weighted by molar-refractivity contribution is 7.90. The van der Waals surface area contributed by atoms with Crippen LogP contribution in [-0.4, -0.2) is 24.1 Å². The lowest BCUT2D eigenvalue weighted by molar-refractivity contribution is 0.596. The van der Waals surface area contributed by atoms with Gasteiger partial charge in [0.05, 0.1) is 10.6 Å². The van der Waals surface area contributed by atoms with Gasteiger partial charge in [0.25, 0.3) is 0 Å². The van der Waals surface area contributed by atoms with Gasteiger partial charge in [-0.15, -0.1) is 0 Å². The van der Waals surface area contributed by atoms with Crippen molar-refractivity contribution in [3.8, 4) is 22.5 Å². The Kier molecular flexibility index (Phi) is 3.64. The van der Waals surface area contributed by atoms with Crippen LogP contribution in [0, 0.1) is 0 Å². The zero-order valence-corrected chi connectivity index (χ0v) is 15.8. The van der Waals surface area contributed by atoms with Gasteiger partial charge in [-0.2, -0.15) is 4.98 Å². The summed E-state index contributed by atoms with van der Waals surface area (Å²) in [7, 11) is -3.25. The average molecular weight is 388 g/mol. The first-order valence-corrected chi connectivity index (χ1v) is 10.7. The van der Waals surface area contributed by atoms with E-state index in [1.165, 1.54) is 6.26 Å². The van der Waals surface area contributed by atoms with Crippen LogP contribution < -0.4 is 0 Å². The van der Waals surface area contributed by atoms with Crippen molar-refractivity contribution in [3.63, 3.8) is 0 Å². The third-order valence-corrected chi connectivity index (χ3v) is 5.99. The molecule has 0 atom stereocenters. The fourth-order valence-corrected chi connectivity index (χ4v) is 4.17. The van der Waals surface area contributed by atoms with Gasteiger partial charge in [-0.05, 0) is 22.9 Å². The first-order chi connectivity index (χ1) is 13.5. The number of oxazole rings is 1. The SMILES string of the molecule is CS(=O)(=O)c1ccc(-c2c(-c3cccc4ccccc34)nc3occn23)cc1. The van der Waals surface area contributed by atoms with Crippen LogP contribution in [0.5, 0.6) is 0 Å². The molecule has 0 aliphatic heterocycles. The predicted octanol–water partition coefficient (Wildman–Crippen LogP) is 4.82. The number of imidazole rings is 1. The van der Waals surface area contributed by atoms with Gasteiger partial charge >= 0.3 is 5.84 Å². The third kappa shape index (κ3) is 2.61. The van der Waals surface area contributed by atoms with E-state index in [-0.39, 0.29) is 4.90 Å². The average Bonchev–Trinajstić information content (AvgIpc) is 3.28. The third-order valence-electron chi connectivity index (χ3n) is 4.86.